The third kappa shape index (κ3) is 9.55. The van der Waals surface area contributed by atoms with Crippen molar-refractivity contribution in [2.24, 2.45) is 0 Å². The Morgan fingerprint density at radius 1 is 0.400 bits per heavy atom. The lowest BCUT2D eigenvalue weighted by molar-refractivity contribution is 0.607. The van der Waals surface area contributed by atoms with Gasteiger partial charge in [0.1, 0.15) is 0 Å². The SMILES string of the molecule is CCCCCCCCc1ccc(N(c2ccccc2)c2ccc(CCCCCCCC)cc2)cc1. The molecule has 1 heteroatoms. The van der Waals surface area contributed by atoms with E-state index in [1.54, 1.807) is 0 Å². The Morgan fingerprint density at radius 3 is 1.20 bits per heavy atom. The molecule has 0 radical (unpaired) electrons. The molecule has 0 aliphatic heterocycles. The fourth-order valence-corrected chi connectivity index (χ4v) is 4.87. The fraction of sp³-hybridized carbons (Fsp3) is 0.471. The summed E-state index contributed by atoms with van der Waals surface area (Å²) < 4.78 is 0. The largest absolute Gasteiger partial charge is 0.311 e. The van der Waals surface area contributed by atoms with Gasteiger partial charge in [-0.1, -0.05) is 121 Å². The number of hydrogen-bond acceptors (Lipinski definition) is 1. The van der Waals surface area contributed by atoms with E-state index in [-0.39, 0.29) is 0 Å². The van der Waals surface area contributed by atoms with Crippen LogP contribution in [0.2, 0.25) is 0 Å². The number of rotatable bonds is 17. The molecule has 188 valence electrons. The number of benzene rings is 3. The summed E-state index contributed by atoms with van der Waals surface area (Å²) in [5.41, 5.74) is 6.57. The highest BCUT2D eigenvalue weighted by atomic mass is 15.1. The molecule has 3 rings (SSSR count). The molecule has 3 aromatic rings. The second-order valence-electron chi connectivity index (χ2n) is 10.0. The molecule has 3 aromatic carbocycles. The maximum atomic E-state index is 2.38. The number of hydrogen-bond donors (Lipinski definition) is 0. The normalized spacial score (nSPS) is 11.0. The highest BCUT2D eigenvalue weighted by molar-refractivity contribution is 5.76. The van der Waals surface area contributed by atoms with E-state index in [9.17, 15) is 0 Å². The van der Waals surface area contributed by atoms with Gasteiger partial charge in [-0.2, -0.15) is 0 Å². The zero-order valence-electron chi connectivity index (χ0n) is 22.4. The van der Waals surface area contributed by atoms with E-state index in [1.165, 1.54) is 118 Å². The van der Waals surface area contributed by atoms with Gasteiger partial charge in [-0.05, 0) is 73.2 Å². The Labute approximate surface area is 215 Å². The summed E-state index contributed by atoms with van der Waals surface area (Å²) in [5, 5.41) is 0. The van der Waals surface area contributed by atoms with Crippen LogP contribution in [0.5, 0.6) is 0 Å². The molecule has 0 aliphatic rings. The van der Waals surface area contributed by atoms with Gasteiger partial charge < -0.3 is 4.90 Å². The predicted molar refractivity (Wildman–Crippen MR) is 155 cm³/mol. The summed E-state index contributed by atoms with van der Waals surface area (Å²) in [4.78, 5) is 2.38. The van der Waals surface area contributed by atoms with Crippen LogP contribution in [-0.2, 0) is 12.8 Å². The van der Waals surface area contributed by atoms with Crippen LogP contribution < -0.4 is 4.90 Å². The first-order valence-electron chi connectivity index (χ1n) is 14.3. The minimum Gasteiger partial charge on any atom is -0.311 e. The van der Waals surface area contributed by atoms with Crippen molar-refractivity contribution in [3.05, 3.63) is 90.0 Å². The van der Waals surface area contributed by atoms with Crippen molar-refractivity contribution in [2.75, 3.05) is 4.90 Å². The molecule has 0 aliphatic carbocycles. The van der Waals surface area contributed by atoms with Crippen LogP contribution >= 0.6 is 0 Å². The fourth-order valence-electron chi connectivity index (χ4n) is 4.87. The molecule has 0 saturated carbocycles. The van der Waals surface area contributed by atoms with Crippen LogP contribution in [0.25, 0.3) is 0 Å². The lowest BCUT2D eigenvalue weighted by Gasteiger charge is -2.26. The highest BCUT2D eigenvalue weighted by Crippen LogP contribution is 2.34. The molecular formula is C34H47N. The Hall–Kier alpha value is -2.54. The number of unbranched alkanes of at least 4 members (excludes halogenated alkanes) is 10. The molecule has 0 spiro atoms. The molecule has 0 amide bonds. The van der Waals surface area contributed by atoms with Gasteiger partial charge in [0.15, 0.2) is 0 Å². The molecule has 35 heavy (non-hydrogen) atoms. The molecule has 0 fully saturated rings. The zero-order valence-corrected chi connectivity index (χ0v) is 22.4. The first-order chi connectivity index (χ1) is 17.3. The zero-order chi connectivity index (χ0) is 24.6. The summed E-state index contributed by atoms with van der Waals surface area (Å²) in [6.45, 7) is 4.57. The maximum absolute atomic E-state index is 2.38. The summed E-state index contributed by atoms with van der Waals surface area (Å²) in [6.07, 6.45) is 18.6. The summed E-state index contributed by atoms with van der Waals surface area (Å²) in [6, 6.07) is 29.2. The number of anilines is 3. The first-order valence-corrected chi connectivity index (χ1v) is 14.3. The van der Waals surface area contributed by atoms with Crippen molar-refractivity contribution in [1.82, 2.24) is 0 Å². The van der Waals surface area contributed by atoms with E-state index < -0.39 is 0 Å². The average molecular weight is 470 g/mol. The minimum atomic E-state index is 1.19. The van der Waals surface area contributed by atoms with E-state index in [0.717, 1.165) is 0 Å². The minimum absolute atomic E-state index is 1.19. The topological polar surface area (TPSA) is 3.24 Å². The molecule has 0 aromatic heterocycles. The van der Waals surface area contributed by atoms with E-state index >= 15 is 0 Å². The van der Waals surface area contributed by atoms with Gasteiger partial charge in [0.25, 0.3) is 0 Å². The van der Waals surface area contributed by atoms with Gasteiger partial charge in [-0.3, -0.25) is 0 Å². The van der Waals surface area contributed by atoms with Crippen molar-refractivity contribution < 1.29 is 0 Å². The first kappa shape index (κ1) is 27.1. The van der Waals surface area contributed by atoms with E-state index in [4.69, 9.17) is 0 Å². The van der Waals surface area contributed by atoms with Gasteiger partial charge in [0.05, 0.1) is 0 Å². The monoisotopic (exact) mass is 469 g/mol. The summed E-state index contributed by atoms with van der Waals surface area (Å²) >= 11 is 0. The molecule has 0 bridgehead atoms. The summed E-state index contributed by atoms with van der Waals surface area (Å²) in [7, 11) is 0. The second-order valence-corrected chi connectivity index (χ2v) is 10.0. The third-order valence-electron chi connectivity index (χ3n) is 7.04. The Kier molecular flexibility index (Phi) is 12.5. The predicted octanol–water partition coefficient (Wildman–Crippen LogP) is 11.0. The standard InChI is InChI=1S/C34H47N/c1-3-5-7-9-11-14-18-30-22-26-33(27-23-30)35(32-20-16-13-17-21-32)34-28-24-31(25-29-34)19-15-12-10-8-6-4-2/h13,16-17,20-29H,3-12,14-15,18-19H2,1-2H3. The lowest BCUT2D eigenvalue weighted by atomic mass is 10.0. The van der Waals surface area contributed by atoms with Gasteiger partial charge in [0.2, 0.25) is 0 Å². The van der Waals surface area contributed by atoms with Crippen molar-refractivity contribution in [3.63, 3.8) is 0 Å². The van der Waals surface area contributed by atoms with Gasteiger partial charge >= 0.3 is 0 Å². The Morgan fingerprint density at radius 2 is 0.771 bits per heavy atom. The van der Waals surface area contributed by atoms with Gasteiger partial charge in [-0.25, -0.2) is 0 Å². The van der Waals surface area contributed by atoms with Crippen molar-refractivity contribution in [2.45, 2.75) is 104 Å². The number of para-hydroxylation sites is 1. The molecule has 1 nitrogen and oxygen atoms in total. The molecular weight excluding hydrogens is 422 g/mol. The second kappa shape index (κ2) is 16.2. The van der Waals surface area contributed by atoms with Crippen LogP contribution in [0, 0.1) is 0 Å². The Balaban J connectivity index is 1.62. The van der Waals surface area contributed by atoms with Crippen LogP contribution in [0.4, 0.5) is 17.1 Å². The molecule has 0 N–H and O–H groups in total. The van der Waals surface area contributed by atoms with Crippen molar-refractivity contribution in [1.29, 1.82) is 0 Å². The molecule has 0 saturated heterocycles. The molecule has 0 unspecified atom stereocenters. The van der Waals surface area contributed by atoms with Crippen molar-refractivity contribution in [3.8, 4) is 0 Å². The Bertz CT molecular complexity index is 852. The van der Waals surface area contributed by atoms with Crippen LogP contribution in [-0.4, -0.2) is 0 Å². The highest BCUT2D eigenvalue weighted by Gasteiger charge is 2.12. The number of nitrogens with zero attached hydrogens (tertiary/aromatic N) is 1. The lowest BCUT2D eigenvalue weighted by Crippen LogP contribution is -2.10. The maximum Gasteiger partial charge on any atom is 0.0461 e. The average Bonchev–Trinajstić information content (AvgIpc) is 2.90. The quantitative estimate of drug-likeness (QED) is 0.178. The molecule has 0 heterocycles. The van der Waals surface area contributed by atoms with E-state index in [1.807, 2.05) is 0 Å². The van der Waals surface area contributed by atoms with E-state index in [2.05, 4.69) is 97.6 Å². The third-order valence-corrected chi connectivity index (χ3v) is 7.04. The van der Waals surface area contributed by atoms with E-state index in [0.29, 0.717) is 0 Å². The van der Waals surface area contributed by atoms with Crippen LogP contribution in [0.1, 0.15) is 102 Å². The van der Waals surface area contributed by atoms with Crippen molar-refractivity contribution >= 4 is 17.1 Å². The molecule has 0 atom stereocenters. The van der Waals surface area contributed by atoms with Gasteiger partial charge in [0, 0.05) is 17.1 Å². The smallest absolute Gasteiger partial charge is 0.0461 e. The van der Waals surface area contributed by atoms with Crippen LogP contribution in [0.3, 0.4) is 0 Å². The summed E-state index contributed by atoms with van der Waals surface area (Å²) in [5.74, 6) is 0. The van der Waals surface area contributed by atoms with Crippen LogP contribution in [0.15, 0.2) is 78.9 Å². The number of aryl methyl sites for hydroxylation is 2. The van der Waals surface area contributed by atoms with Gasteiger partial charge in [-0.15, -0.1) is 0 Å².